The molecule has 0 aromatic heterocycles. The van der Waals surface area contributed by atoms with Crippen LogP contribution in [0.25, 0.3) is 0 Å². The lowest BCUT2D eigenvalue weighted by molar-refractivity contribution is -0.119. The van der Waals surface area contributed by atoms with Crippen molar-refractivity contribution < 1.29 is 19.1 Å². The third-order valence-electron chi connectivity index (χ3n) is 3.08. The summed E-state index contributed by atoms with van der Waals surface area (Å²) < 4.78 is 8.98. The van der Waals surface area contributed by atoms with Gasteiger partial charge in [-0.15, -0.1) is 0 Å². The molecule has 0 aromatic carbocycles. The van der Waals surface area contributed by atoms with Crippen LogP contribution >= 0.6 is 0 Å². The lowest BCUT2D eigenvalue weighted by Crippen LogP contribution is -2.09. The maximum absolute atomic E-state index is 11.5. The molecule has 0 saturated carbocycles. The van der Waals surface area contributed by atoms with Crippen LogP contribution in [0.4, 0.5) is 4.79 Å². The molecular formula is C15H28O4. The molecule has 0 unspecified atom stereocenters. The highest BCUT2D eigenvalue weighted by Crippen LogP contribution is 2.10. The Morgan fingerprint density at radius 1 is 0.842 bits per heavy atom. The Morgan fingerprint density at radius 3 is 2.00 bits per heavy atom. The van der Waals surface area contributed by atoms with E-state index >= 15 is 0 Å². The summed E-state index contributed by atoms with van der Waals surface area (Å²) in [6, 6.07) is 0. The normalized spacial score (nSPS) is 10.2. The predicted octanol–water partition coefficient (Wildman–Crippen LogP) is 4.26. The van der Waals surface area contributed by atoms with E-state index in [9.17, 15) is 9.59 Å². The average Bonchev–Trinajstić information content (AvgIpc) is 2.41. The molecule has 0 N–H and O–H groups in total. The van der Waals surface area contributed by atoms with Crippen molar-refractivity contribution in [2.75, 3.05) is 13.7 Å². The molecule has 19 heavy (non-hydrogen) atoms. The van der Waals surface area contributed by atoms with Crippen molar-refractivity contribution >= 4 is 11.9 Å². The van der Waals surface area contributed by atoms with Crippen LogP contribution in [0, 0.1) is 0 Å². The first-order valence-corrected chi connectivity index (χ1v) is 7.43. The molecule has 0 radical (unpaired) electrons. The Labute approximate surface area is 116 Å². The van der Waals surface area contributed by atoms with E-state index < -0.39 is 6.16 Å². The number of carbonyl (C=O) groups excluding carboxylic acids is 2. The molecule has 0 fully saturated rings. The van der Waals surface area contributed by atoms with E-state index in [1.165, 1.54) is 45.6 Å². The van der Waals surface area contributed by atoms with Crippen LogP contribution in [0.5, 0.6) is 0 Å². The molecule has 0 bridgehead atoms. The van der Waals surface area contributed by atoms with Gasteiger partial charge in [-0.05, 0) is 6.42 Å². The monoisotopic (exact) mass is 272 g/mol. The van der Waals surface area contributed by atoms with Gasteiger partial charge in [0.25, 0.3) is 0 Å². The zero-order valence-electron chi connectivity index (χ0n) is 12.4. The summed E-state index contributed by atoms with van der Waals surface area (Å²) in [4.78, 5) is 22.1. The number of rotatable bonds is 12. The smallest absolute Gasteiger partial charge is 0.438 e. The number of Topliss-reactive ketones (excluding diaryl/α,β-unsaturated/α-hetero) is 1. The summed E-state index contributed by atoms with van der Waals surface area (Å²) in [5, 5.41) is 0. The van der Waals surface area contributed by atoms with Gasteiger partial charge in [0.2, 0.25) is 0 Å². The quantitative estimate of drug-likeness (QED) is 0.393. The highest BCUT2D eigenvalue weighted by molar-refractivity contribution is 5.78. The molecule has 0 aliphatic carbocycles. The van der Waals surface area contributed by atoms with Crippen molar-refractivity contribution in [1.29, 1.82) is 0 Å². The van der Waals surface area contributed by atoms with Crippen LogP contribution in [-0.2, 0) is 14.3 Å². The van der Waals surface area contributed by atoms with Crippen LogP contribution in [-0.4, -0.2) is 25.7 Å². The fourth-order valence-electron chi connectivity index (χ4n) is 1.89. The standard InChI is InChI=1S/C15H28O4/c1-3-4-5-6-7-8-9-10-11-14(16)12-13-19-15(17)18-2/h3-13H2,1-2H3. The molecule has 0 rings (SSSR count). The van der Waals surface area contributed by atoms with Gasteiger partial charge in [-0.1, -0.05) is 51.9 Å². The number of ketones is 1. The third kappa shape index (κ3) is 13.2. The van der Waals surface area contributed by atoms with Crippen molar-refractivity contribution in [3.05, 3.63) is 0 Å². The van der Waals surface area contributed by atoms with Crippen molar-refractivity contribution in [2.24, 2.45) is 0 Å². The second-order valence-corrected chi connectivity index (χ2v) is 4.82. The zero-order valence-corrected chi connectivity index (χ0v) is 12.4. The number of ether oxygens (including phenoxy) is 2. The van der Waals surface area contributed by atoms with Gasteiger partial charge < -0.3 is 9.47 Å². The summed E-state index contributed by atoms with van der Waals surface area (Å²) in [7, 11) is 1.25. The summed E-state index contributed by atoms with van der Waals surface area (Å²) in [5.74, 6) is 0.162. The van der Waals surface area contributed by atoms with E-state index in [4.69, 9.17) is 0 Å². The first kappa shape index (κ1) is 17.9. The SMILES string of the molecule is CCCCCCCCCCC(=O)CCOC(=O)OC. The lowest BCUT2D eigenvalue weighted by Gasteiger charge is -2.03. The first-order valence-electron chi connectivity index (χ1n) is 7.43. The number of unbranched alkanes of at least 4 members (excludes halogenated alkanes) is 7. The van der Waals surface area contributed by atoms with Crippen LogP contribution in [0.15, 0.2) is 0 Å². The van der Waals surface area contributed by atoms with Crippen LogP contribution in [0.1, 0.15) is 71.1 Å². The number of methoxy groups -OCH3 is 1. The molecule has 0 atom stereocenters. The maximum Gasteiger partial charge on any atom is 0.507 e. The highest BCUT2D eigenvalue weighted by Gasteiger charge is 2.05. The molecule has 0 amide bonds. The Kier molecular flexibility index (Phi) is 12.6. The Bertz CT molecular complexity index is 238. The average molecular weight is 272 g/mol. The fourth-order valence-corrected chi connectivity index (χ4v) is 1.89. The topological polar surface area (TPSA) is 52.6 Å². The van der Waals surface area contributed by atoms with Crippen molar-refractivity contribution in [2.45, 2.75) is 71.1 Å². The fraction of sp³-hybridized carbons (Fsp3) is 0.867. The molecule has 0 aliphatic rings. The van der Waals surface area contributed by atoms with E-state index in [-0.39, 0.29) is 12.4 Å². The summed E-state index contributed by atoms with van der Waals surface area (Å²) in [5.41, 5.74) is 0. The molecule has 0 heterocycles. The summed E-state index contributed by atoms with van der Waals surface area (Å²) in [6.07, 6.45) is 10.00. The molecule has 0 saturated heterocycles. The minimum atomic E-state index is -0.722. The van der Waals surface area contributed by atoms with Crippen molar-refractivity contribution in [3.8, 4) is 0 Å². The number of hydrogen-bond acceptors (Lipinski definition) is 4. The van der Waals surface area contributed by atoms with Gasteiger partial charge in [-0.25, -0.2) is 4.79 Å². The van der Waals surface area contributed by atoms with E-state index in [0.717, 1.165) is 12.8 Å². The minimum absolute atomic E-state index is 0.128. The van der Waals surface area contributed by atoms with Crippen molar-refractivity contribution in [3.63, 3.8) is 0 Å². The molecule has 4 heteroatoms. The molecular weight excluding hydrogens is 244 g/mol. The molecule has 112 valence electrons. The third-order valence-corrected chi connectivity index (χ3v) is 3.08. The van der Waals surface area contributed by atoms with Gasteiger partial charge in [0, 0.05) is 12.8 Å². The van der Waals surface area contributed by atoms with E-state index in [1.807, 2.05) is 0 Å². The van der Waals surface area contributed by atoms with Gasteiger partial charge in [0.05, 0.1) is 7.11 Å². The Hall–Kier alpha value is -1.06. The van der Waals surface area contributed by atoms with Gasteiger partial charge in [0.15, 0.2) is 0 Å². The predicted molar refractivity (Wildman–Crippen MR) is 75.2 cm³/mol. The van der Waals surface area contributed by atoms with Gasteiger partial charge in [-0.3, -0.25) is 4.79 Å². The molecule has 0 spiro atoms. The molecule has 4 nitrogen and oxygen atoms in total. The van der Waals surface area contributed by atoms with E-state index in [1.54, 1.807) is 0 Å². The number of hydrogen-bond donors (Lipinski definition) is 0. The largest absolute Gasteiger partial charge is 0.507 e. The van der Waals surface area contributed by atoms with Crippen LogP contribution in [0.3, 0.4) is 0 Å². The first-order chi connectivity index (χ1) is 9.20. The second-order valence-electron chi connectivity index (χ2n) is 4.82. The van der Waals surface area contributed by atoms with E-state index in [0.29, 0.717) is 12.8 Å². The zero-order chi connectivity index (χ0) is 14.3. The molecule has 0 aliphatic heterocycles. The Morgan fingerprint density at radius 2 is 1.42 bits per heavy atom. The van der Waals surface area contributed by atoms with E-state index in [2.05, 4.69) is 16.4 Å². The van der Waals surface area contributed by atoms with Gasteiger partial charge in [-0.2, -0.15) is 0 Å². The minimum Gasteiger partial charge on any atom is -0.438 e. The lowest BCUT2D eigenvalue weighted by atomic mass is 10.1. The molecule has 0 aromatic rings. The van der Waals surface area contributed by atoms with Gasteiger partial charge in [0.1, 0.15) is 12.4 Å². The van der Waals surface area contributed by atoms with Crippen LogP contribution < -0.4 is 0 Å². The summed E-state index contributed by atoms with van der Waals surface area (Å²) >= 11 is 0. The maximum atomic E-state index is 11.5. The Balaban J connectivity index is 3.22. The van der Waals surface area contributed by atoms with Gasteiger partial charge >= 0.3 is 6.16 Å². The highest BCUT2D eigenvalue weighted by atomic mass is 16.7. The summed E-state index contributed by atoms with van der Waals surface area (Å²) in [6.45, 7) is 2.35. The van der Waals surface area contributed by atoms with Crippen LogP contribution in [0.2, 0.25) is 0 Å². The second kappa shape index (κ2) is 13.4. The van der Waals surface area contributed by atoms with Crippen molar-refractivity contribution in [1.82, 2.24) is 0 Å². The number of carbonyl (C=O) groups is 2.